The molecule has 8 nitrogen and oxygen atoms in total. The first-order chi connectivity index (χ1) is 14.8. The van der Waals surface area contributed by atoms with Gasteiger partial charge in [0, 0.05) is 30.5 Å². The summed E-state index contributed by atoms with van der Waals surface area (Å²) >= 11 is 0. The van der Waals surface area contributed by atoms with Crippen LogP contribution in [0.15, 0.2) is 60.0 Å². The maximum Gasteiger partial charge on any atom is 0.355 e. The zero-order chi connectivity index (χ0) is 22.5. The van der Waals surface area contributed by atoms with Crippen LogP contribution in [0.2, 0.25) is 0 Å². The van der Waals surface area contributed by atoms with Crippen LogP contribution in [-0.2, 0) is 23.8 Å². The van der Waals surface area contributed by atoms with Crippen LogP contribution in [0.1, 0.15) is 24.2 Å². The van der Waals surface area contributed by atoms with Gasteiger partial charge >= 0.3 is 11.9 Å². The van der Waals surface area contributed by atoms with Gasteiger partial charge in [0.2, 0.25) is 0 Å². The topological polar surface area (TPSA) is 85.4 Å². The van der Waals surface area contributed by atoms with Crippen LogP contribution in [0.4, 0.5) is 5.69 Å². The second kappa shape index (κ2) is 9.61. The van der Waals surface area contributed by atoms with E-state index in [0.29, 0.717) is 24.3 Å². The van der Waals surface area contributed by atoms with Crippen LogP contribution in [0.5, 0.6) is 0 Å². The molecule has 2 aliphatic rings. The van der Waals surface area contributed by atoms with E-state index in [4.69, 9.17) is 14.2 Å². The van der Waals surface area contributed by atoms with Crippen LogP contribution >= 0.6 is 0 Å². The molecule has 0 bridgehead atoms. The number of carbonyl (C=O) groups excluding carboxylic acids is 3. The number of methoxy groups -OCH3 is 2. The Balaban J connectivity index is 1.92. The summed E-state index contributed by atoms with van der Waals surface area (Å²) in [7, 11) is 2.49. The molecule has 2 heterocycles. The zero-order valence-electron chi connectivity index (χ0n) is 18.0. The Kier molecular flexibility index (Phi) is 6.91. The lowest BCUT2D eigenvalue weighted by Crippen LogP contribution is -2.48. The van der Waals surface area contributed by atoms with Crippen molar-refractivity contribution in [1.82, 2.24) is 4.90 Å². The minimum atomic E-state index is -0.687. The van der Waals surface area contributed by atoms with Crippen molar-refractivity contribution in [2.24, 2.45) is 0 Å². The number of allylic oxidation sites excluding steroid dienone is 2. The van der Waals surface area contributed by atoms with Gasteiger partial charge in [-0.25, -0.2) is 9.59 Å². The predicted octanol–water partition coefficient (Wildman–Crippen LogP) is 2.43. The molecule has 0 aliphatic carbocycles. The van der Waals surface area contributed by atoms with Crippen LogP contribution < -0.4 is 4.90 Å². The van der Waals surface area contributed by atoms with Gasteiger partial charge in [0.15, 0.2) is 0 Å². The molecule has 3 rings (SSSR count). The molecular formula is C23H26N2O6. The smallest absolute Gasteiger partial charge is 0.355 e. The standard InChI is InChI=1S/C23H26N2O6/c1-15-13-24(14-16(2)31-15)21(26)17-8-10-18(11-9-17)25-12-6-5-7-19(22(27)29-3)20(25)23(28)30-4/h5-12,15-16H,13-14H2,1-4H3. The van der Waals surface area contributed by atoms with E-state index in [1.165, 1.54) is 25.2 Å². The fourth-order valence-corrected chi connectivity index (χ4v) is 3.66. The Labute approximate surface area is 181 Å². The molecular weight excluding hydrogens is 400 g/mol. The Hall–Kier alpha value is -3.39. The largest absolute Gasteiger partial charge is 0.465 e. The molecule has 1 aromatic carbocycles. The summed E-state index contributed by atoms with van der Waals surface area (Å²) in [6, 6.07) is 6.82. The van der Waals surface area contributed by atoms with E-state index in [2.05, 4.69) is 0 Å². The molecule has 2 aliphatic heterocycles. The number of amides is 1. The third-order valence-corrected chi connectivity index (χ3v) is 4.99. The van der Waals surface area contributed by atoms with Crippen LogP contribution in [0.25, 0.3) is 0 Å². The van der Waals surface area contributed by atoms with E-state index in [-0.39, 0.29) is 29.4 Å². The summed E-state index contributed by atoms with van der Waals surface area (Å²) < 4.78 is 15.4. The molecule has 1 fully saturated rings. The van der Waals surface area contributed by atoms with E-state index in [1.54, 1.807) is 47.5 Å². The van der Waals surface area contributed by atoms with Gasteiger partial charge in [0.1, 0.15) is 5.70 Å². The third-order valence-electron chi connectivity index (χ3n) is 4.99. The van der Waals surface area contributed by atoms with Crippen LogP contribution in [-0.4, -0.2) is 62.3 Å². The summed E-state index contributed by atoms with van der Waals surface area (Å²) in [5.41, 5.74) is 1.20. The second-order valence-electron chi connectivity index (χ2n) is 7.33. The minimum absolute atomic E-state index is 0.0220. The number of carbonyl (C=O) groups is 3. The number of esters is 2. The molecule has 2 atom stereocenters. The van der Waals surface area contributed by atoms with Crippen molar-refractivity contribution >= 4 is 23.5 Å². The Morgan fingerprint density at radius 2 is 1.55 bits per heavy atom. The van der Waals surface area contributed by atoms with Gasteiger partial charge in [0.05, 0.1) is 32.0 Å². The van der Waals surface area contributed by atoms with Gasteiger partial charge in [0.25, 0.3) is 5.91 Å². The van der Waals surface area contributed by atoms with Gasteiger partial charge in [-0.3, -0.25) is 4.79 Å². The summed E-state index contributed by atoms with van der Waals surface area (Å²) in [6.07, 6.45) is 6.41. The highest BCUT2D eigenvalue weighted by molar-refractivity contribution is 6.05. The lowest BCUT2D eigenvalue weighted by Gasteiger charge is -2.35. The normalized spacial score (nSPS) is 21.0. The summed E-state index contributed by atoms with van der Waals surface area (Å²) in [4.78, 5) is 41.0. The molecule has 0 spiro atoms. The van der Waals surface area contributed by atoms with Crippen molar-refractivity contribution in [3.05, 3.63) is 65.5 Å². The van der Waals surface area contributed by atoms with Crippen molar-refractivity contribution in [2.45, 2.75) is 26.1 Å². The molecule has 0 aromatic heterocycles. The fourth-order valence-electron chi connectivity index (χ4n) is 3.66. The number of nitrogens with zero attached hydrogens (tertiary/aromatic N) is 2. The van der Waals surface area contributed by atoms with Gasteiger partial charge in [-0.1, -0.05) is 6.08 Å². The number of morpholine rings is 1. The first-order valence-corrected chi connectivity index (χ1v) is 9.95. The van der Waals surface area contributed by atoms with E-state index >= 15 is 0 Å². The van der Waals surface area contributed by atoms with E-state index < -0.39 is 11.9 Å². The number of hydrogen-bond donors (Lipinski definition) is 0. The first-order valence-electron chi connectivity index (χ1n) is 9.95. The number of ether oxygens (including phenoxy) is 3. The average Bonchev–Trinajstić information content (AvgIpc) is 3.00. The number of benzene rings is 1. The van der Waals surface area contributed by atoms with Crippen molar-refractivity contribution in [2.75, 3.05) is 32.2 Å². The molecule has 1 saturated heterocycles. The van der Waals surface area contributed by atoms with Gasteiger partial charge < -0.3 is 24.0 Å². The Morgan fingerprint density at radius 1 is 0.935 bits per heavy atom. The van der Waals surface area contributed by atoms with Gasteiger partial charge in [-0.2, -0.15) is 0 Å². The maximum absolute atomic E-state index is 12.9. The highest BCUT2D eigenvalue weighted by Crippen LogP contribution is 2.27. The zero-order valence-corrected chi connectivity index (χ0v) is 18.0. The minimum Gasteiger partial charge on any atom is -0.465 e. The number of rotatable bonds is 4. The molecule has 164 valence electrons. The molecule has 1 aromatic rings. The second-order valence-corrected chi connectivity index (χ2v) is 7.33. The van der Waals surface area contributed by atoms with Gasteiger partial charge in [-0.15, -0.1) is 0 Å². The summed E-state index contributed by atoms with van der Waals surface area (Å²) in [5.74, 6) is -1.43. The van der Waals surface area contributed by atoms with Crippen molar-refractivity contribution in [3.8, 4) is 0 Å². The highest BCUT2D eigenvalue weighted by atomic mass is 16.5. The number of hydrogen-bond acceptors (Lipinski definition) is 7. The first kappa shape index (κ1) is 22.3. The molecule has 0 saturated carbocycles. The van der Waals surface area contributed by atoms with Crippen LogP contribution in [0.3, 0.4) is 0 Å². The molecule has 0 N–H and O–H groups in total. The summed E-state index contributed by atoms with van der Waals surface area (Å²) in [5, 5.41) is 0. The third kappa shape index (κ3) is 4.86. The predicted molar refractivity (Wildman–Crippen MR) is 114 cm³/mol. The lowest BCUT2D eigenvalue weighted by molar-refractivity contribution is -0.139. The van der Waals surface area contributed by atoms with E-state index in [1.807, 2.05) is 13.8 Å². The van der Waals surface area contributed by atoms with E-state index in [9.17, 15) is 14.4 Å². The van der Waals surface area contributed by atoms with Crippen molar-refractivity contribution in [1.29, 1.82) is 0 Å². The summed E-state index contributed by atoms with van der Waals surface area (Å²) in [6.45, 7) is 4.95. The monoisotopic (exact) mass is 426 g/mol. The van der Waals surface area contributed by atoms with Crippen molar-refractivity contribution in [3.63, 3.8) is 0 Å². The van der Waals surface area contributed by atoms with Crippen LogP contribution in [0, 0.1) is 0 Å². The lowest BCUT2D eigenvalue weighted by atomic mass is 10.1. The number of anilines is 1. The van der Waals surface area contributed by atoms with Crippen molar-refractivity contribution < 1.29 is 28.6 Å². The quantitative estimate of drug-likeness (QED) is 0.684. The molecule has 1 amide bonds. The maximum atomic E-state index is 12.9. The molecule has 8 heteroatoms. The highest BCUT2D eigenvalue weighted by Gasteiger charge is 2.29. The van der Waals surface area contributed by atoms with Gasteiger partial charge in [-0.05, 0) is 50.3 Å². The van der Waals surface area contributed by atoms with E-state index in [0.717, 1.165) is 0 Å². The Morgan fingerprint density at radius 3 is 2.13 bits per heavy atom. The molecule has 2 unspecified atom stereocenters. The molecule has 31 heavy (non-hydrogen) atoms. The fraction of sp³-hybridized carbons (Fsp3) is 0.348. The SMILES string of the molecule is COC(=O)C1=C(C(=O)OC)N(c2ccc(C(=O)N3CC(C)OC(C)C3)cc2)C=CC=C1. The average molecular weight is 426 g/mol. The Bertz CT molecular complexity index is 937. The molecule has 0 radical (unpaired) electrons.